The highest BCUT2D eigenvalue weighted by atomic mass is 32.1. The van der Waals surface area contributed by atoms with Crippen molar-refractivity contribution in [3.8, 4) is 34.2 Å². The molecule has 12 rings (SSSR count). The van der Waals surface area contributed by atoms with Gasteiger partial charge in [-0.1, -0.05) is 140 Å². The van der Waals surface area contributed by atoms with Crippen LogP contribution in [-0.4, -0.2) is 15.0 Å². The van der Waals surface area contributed by atoms with Crippen LogP contribution >= 0.6 is 11.3 Å². The lowest BCUT2D eigenvalue weighted by Gasteiger charge is -2.17. The zero-order valence-electron chi connectivity index (χ0n) is 30.6. The van der Waals surface area contributed by atoms with Crippen LogP contribution in [0.1, 0.15) is 24.0 Å². The van der Waals surface area contributed by atoms with Crippen molar-refractivity contribution in [2.45, 2.75) is 12.8 Å². The molecule has 1 aliphatic rings. The first-order valence-corrected chi connectivity index (χ1v) is 20.0. The minimum atomic E-state index is 0.610. The topological polar surface area (TPSA) is 65.0 Å². The van der Waals surface area contributed by atoms with Gasteiger partial charge in [-0.25, -0.2) is 15.0 Å². The summed E-state index contributed by atoms with van der Waals surface area (Å²) in [5.41, 5.74) is 11.3. The molecule has 57 heavy (non-hydrogen) atoms. The van der Waals surface area contributed by atoms with Gasteiger partial charge in [0.2, 0.25) is 0 Å². The number of furan rings is 2. The summed E-state index contributed by atoms with van der Waals surface area (Å²) in [6.07, 6.45) is 1.76. The maximum absolute atomic E-state index is 6.92. The van der Waals surface area contributed by atoms with Crippen LogP contribution in [0.5, 0.6) is 0 Å². The Morgan fingerprint density at radius 3 is 1.72 bits per heavy atom. The molecule has 6 heteroatoms. The van der Waals surface area contributed by atoms with E-state index in [0.717, 1.165) is 73.6 Å². The van der Waals surface area contributed by atoms with E-state index < -0.39 is 0 Å². The minimum Gasteiger partial charge on any atom is -0.456 e. The van der Waals surface area contributed by atoms with Gasteiger partial charge in [-0.15, -0.1) is 11.3 Å². The van der Waals surface area contributed by atoms with E-state index in [9.17, 15) is 0 Å². The summed E-state index contributed by atoms with van der Waals surface area (Å²) in [6.45, 7) is 0. The van der Waals surface area contributed by atoms with Gasteiger partial charge >= 0.3 is 0 Å². The molecule has 0 atom stereocenters. The first-order chi connectivity index (χ1) is 28.3. The van der Waals surface area contributed by atoms with Crippen molar-refractivity contribution >= 4 is 76.4 Å². The predicted octanol–water partition coefficient (Wildman–Crippen LogP) is 12.1. The van der Waals surface area contributed by atoms with Gasteiger partial charge in [0, 0.05) is 63.6 Å². The molecule has 0 radical (unpaired) electrons. The van der Waals surface area contributed by atoms with Crippen LogP contribution < -0.4 is 9.75 Å². The highest BCUT2D eigenvalue weighted by molar-refractivity contribution is 7.17. The predicted molar refractivity (Wildman–Crippen MR) is 232 cm³/mol. The number of hydrogen-bond donors (Lipinski definition) is 0. The fraction of sp³-hybridized carbons (Fsp3) is 0.0392. The highest BCUT2D eigenvalue weighted by Gasteiger charge is 2.25. The molecule has 0 unspecified atom stereocenters. The second-order valence-corrected chi connectivity index (χ2v) is 15.6. The Hall–Kier alpha value is -7.15. The summed E-state index contributed by atoms with van der Waals surface area (Å²) in [4.78, 5) is 15.1. The van der Waals surface area contributed by atoms with Gasteiger partial charge in [0.15, 0.2) is 17.5 Å². The molecule has 5 nitrogen and oxygen atoms in total. The zero-order valence-corrected chi connectivity index (χ0v) is 31.4. The quantitative estimate of drug-likeness (QED) is 0.175. The average Bonchev–Trinajstić information content (AvgIpc) is 3.98. The number of benzene rings is 7. The third-order valence-electron chi connectivity index (χ3n) is 11.3. The van der Waals surface area contributed by atoms with Crippen molar-refractivity contribution in [1.82, 2.24) is 15.0 Å². The first kappa shape index (κ1) is 32.1. The number of thiophene rings is 1. The molecule has 0 aliphatic heterocycles. The summed E-state index contributed by atoms with van der Waals surface area (Å²) in [5.74, 6) is 1.87. The molecule has 4 heterocycles. The molecule has 268 valence electrons. The highest BCUT2D eigenvalue weighted by Crippen LogP contribution is 2.42. The van der Waals surface area contributed by atoms with Crippen LogP contribution in [-0.2, 0) is 0 Å². The van der Waals surface area contributed by atoms with Crippen molar-refractivity contribution < 1.29 is 8.83 Å². The van der Waals surface area contributed by atoms with Crippen LogP contribution in [0.15, 0.2) is 173 Å². The second-order valence-electron chi connectivity index (χ2n) is 14.5. The number of hydrogen-bond acceptors (Lipinski definition) is 6. The fourth-order valence-electron chi connectivity index (χ4n) is 8.80. The third kappa shape index (κ3) is 5.04. The Balaban J connectivity index is 1.11. The van der Waals surface area contributed by atoms with E-state index in [4.69, 9.17) is 23.8 Å². The van der Waals surface area contributed by atoms with Gasteiger partial charge in [-0.3, -0.25) is 0 Å². The molecule has 0 bridgehead atoms. The van der Waals surface area contributed by atoms with Crippen molar-refractivity contribution in [2.24, 2.45) is 0 Å². The van der Waals surface area contributed by atoms with Gasteiger partial charge in [0.1, 0.15) is 22.3 Å². The van der Waals surface area contributed by atoms with Gasteiger partial charge in [0.05, 0.1) is 0 Å². The van der Waals surface area contributed by atoms with Gasteiger partial charge in [-0.2, -0.15) is 0 Å². The van der Waals surface area contributed by atoms with Crippen LogP contribution in [0.4, 0.5) is 0 Å². The molecular formula is C51H31N3O2S. The second kappa shape index (κ2) is 12.7. The van der Waals surface area contributed by atoms with E-state index in [-0.39, 0.29) is 0 Å². The molecule has 4 aromatic heterocycles. The fourth-order valence-corrected chi connectivity index (χ4v) is 10.1. The number of rotatable bonds is 5. The maximum atomic E-state index is 6.92. The molecule has 0 fully saturated rings. The van der Waals surface area contributed by atoms with Crippen molar-refractivity contribution in [2.75, 3.05) is 0 Å². The van der Waals surface area contributed by atoms with Gasteiger partial charge in [0.25, 0.3) is 0 Å². The largest absolute Gasteiger partial charge is 0.456 e. The van der Waals surface area contributed by atoms with Crippen LogP contribution in [0.3, 0.4) is 0 Å². The Kier molecular flexibility index (Phi) is 7.16. The Morgan fingerprint density at radius 1 is 0.404 bits per heavy atom. The lowest BCUT2D eigenvalue weighted by atomic mass is 9.86. The lowest BCUT2D eigenvalue weighted by Crippen LogP contribution is -2.29. The molecule has 1 aliphatic carbocycles. The van der Waals surface area contributed by atoms with Crippen molar-refractivity contribution in [3.05, 3.63) is 185 Å². The van der Waals surface area contributed by atoms with Gasteiger partial charge < -0.3 is 8.83 Å². The summed E-state index contributed by atoms with van der Waals surface area (Å²) >= 11 is 1.88. The average molecular weight is 750 g/mol. The Morgan fingerprint density at radius 2 is 0.947 bits per heavy atom. The summed E-state index contributed by atoms with van der Waals surface area (Å²) in [5, 5.41) is 6.98. The zero-order chi connectivity index (χ0) is 37.5. The molecule has 0 saturated carbocycles. The van der Waals surface area contributed by atoms with E-state index in [1.807, 2.05) is 84.1 Å². The number of fused-ring (bicyclic) bond motifs is 9. The van der Waals surface area contributed by atoms with E-state index in [1.165, 1.54) is 41.9 Å². The van der Waals surface area contributed by atoms with E-state index in [0.29, 0.717) is 17.5 Å². The lowest BCUT2D eigenvalue weighted by molar-refractivity contribution is 0.667. The summed E-state index contributed by atoms with van der Waals surface area (Å²) < 4.78 is 15.9. The van der Waals surface area contributed by atoms with Gasteiger partial charge in [-0.05, 0) is 53.8 Å². The summed E-state index contributed by atoms with van der Waals surface area (Å²) in [7, 11) is 0. The third-order valence-corrected chi connectivity index (χ3v) is 12.5. The minimum absolute atomic E-state index is 0.610. The SMILES string of the molecule is c1ccc(-c2nc(-c3ccccc3)nc(-c3cccc4oc5c(C6=c7sc8ccccc8c7=C(c7cccc8oc9ccccc9c78)CC6)cccc5c34)n2)cc1. The smallest absolute Gasteiger partial charge is 0.164 e. The van der Waals surface area contributed by atoms with Crippen LogP contribution in [0.2, 0.25) is 0 Å². The number of nitrogens with zero attached hydrogens (tertiary/aromatic N) is 3. The van der Waals surface area contributed by atoms with Crippen molar-refractivity contribution in [1.29, 1.82) is 0 Å². The maximum Gasteiger partial charge on any atom is 0.164 e. The van der Waals surface area contributed by atoms with Crippen molar-refractivity contribution in [3.63, 3.8) is 0 Å². The van der Waals surface area contributed by atoms with E-state index in [2.05, 4.69) is 91.0 Å². The van der Waals surface area contributed by atoms with Crippen LogP contribution in [0, 0.1) is 0 Å². The molecule has 0 saturated heterocycles. The molecule has 0 spiro atoms. The molecule has 0 N–H and O–H groups in total. The normalized spacial score (nSPS) is 13.1. The van der Waals surface area contributed by atoms with E-state index >= 15 is 0 Å². The molecule has 7 aromatic carbocycles. The Bertz CT molecular complexity index is 3470. The monoisotopic (exact) mass is 749 g/mol. The molecular weight excluding hydrogens is 719 g/mol. The van der Waals surface area contributed by atoms with Crippen LogP contribution in [0.25, 0.3) is 99.3 Å². The standard InChI is InChI=1S/C51H31N3O2S/c1-3-14-30(15-4-1)49-52-50(31-16-5-2-6-17-31)54-51(53-49)39-23-13-26-42-45(39)38-22-11-21-34(47(38)56-42)35-29-28-33(46-37-19-8-10-27-43(37)57-48(35)46)32-20-12-25-41-44(32)36-18-7-9-24-40(36)55-41/h1-27H,28-29H2. The Labute approximate surface area is 330 Å². The molecule has 0 amide bonds. The number of para-hydroxylation sites is 2. The molecule has 11 aromatic rings. The summed E-state index contributed by atoms with van der Waals surface area (Å²) in [6, 6.07) is 56.7. The number of aromatic nitrogens is 3. The first-order valence-electron chi connectivity index (χ1n) is 19.2. The van der Waals surface area contributed by atoms with E-state index in [1.54, 1.807) is 0 Å².